The largest absolute Gasteiger partial charge is 0.491 e. The van der Waals surface area contributed by atoms with Gasteiger partial charge >= 0.3 is 0 Å². The van der Waals surface area contributed by atoms with Gasteiger partial charge in [-0.15, -0.1) is 10.2 Å². The molecule has 0 spiro atoms. The number of hydrogen-bond acceptors (Lipinski definition) is 8. The summed E-state index contributed by atoms with van der Waals surface area (Å²) in [5.74, 6) is 2.95. The second-order valence-electron chi connectivity index (χ2n) is 7.81. The van der Waals surface area contributed by atoms with Crippen LogP contribution < -0.4 is 10.1 Å². The van der Waals surface area contributed by atoms with Crippen molar-refractivity contribution < 1.29 is 23.8 Å². The number of carbonyl (C=O) groups excluding carboxylic acids is 1. The highest BCUT2D eigenvalue weighted by Gasteiger charge is 2.20. The standard InChI is InChI=1S/C23H29N5O5/c1-31-16-19-5-6-20(33-19)23(30)24-14-22-26-25-21-7-8-27(9-10-28(21)22)15-17-3-2-4-18(13-17)32-12-11-29/h2-6,13,29H,7-12,14-16H2,1H3,(H,24,30). The Kier molecular flexibility index (Phi) is 7.71. The van der Waals surface area contributed by atoms with E-state index in [9.17, 15) is 4.79 Å². The zero-order valence-corrected chi connectivity index (χ0v) is 18.7. The number of furan rings is 1. The van der Waals surface area contributed by atoms with E-state index in [1.165, 1.54) is 0 Å². The van der Waals surface area contributed by atoms with Gasteiger partial charge in [-0.2, -0.15) is 0 Å². The Morgan fingerprint density at radius 2 is 2.12 bits per heavy atom. The maximum atomic E-state index is 12.4. The minimum absolute atomic E-state index is 0.00495. The maximum Gasteiger partial charge on any atom is 0.287 e. The molecule has 0 saturated heterocycles. The van der Waals surface area contributed by atoms with Crippen LogP contribution in [0.1, 0.15) is 33.5 Å². The Morgan fingerprint density at radius 1 is 1.21 bits per heavy atom. The van der Waals surface area contributed by atoms with E-state index in [1.807, 2.05) is 18.2 Å². The van der Waals surface area contributed by atoms with Crippen molar-refractivity contribution in [1.29, 1.82) is 0 Å². The van der Waals surface area contributed by atoms with Gasteiger partial charge in [0.05, 0.1) is 13.2 Å². The van der Waals surface area contributed by atoms with Crippen LogP contribution in [0.25, 0.3) is 0 Å². The van der Waals surface area contributed by atoms with Crippen molar-refractivity contribution in [2.45, 2.75) is 32.7 Å². The summed E-state index contributed by atoms with van der Waals surface area (Å²) in [5, 5.41) is 20.4. The molecule has 10 nitrogen and oxygen atoms in total. The van der Waals surface area contributed by atoms with Gasteiger partial charge in [-0.25, -0.2) is 0 Å². The summed E-state index contributed by atoms with van der Waals surface area (Å²) < 4.78 is 18.1. The Labute approximate surface area is 192 Å². The first-order valence-corrected chi connectivity index (χ1v) is 11.0. The molecule has 1 aliphatic heterocycles. The third-order valence-corrected chi connectivity index (χ3v) is 5.44. The van der Waals surface area contributed by atoms with Gasteiger partial charge in [0.1, 0.15) is 30.5 Å². The zero-order valence-electron chi connectivity index (χ0n) is 18.7. The third kappa shape index (κ3) is 5.98. The lowest BCUT2D eigenvalue weighted by Crippen LogP contribution is -2.28. The average Bonchev–Trinajstić information content (AvgIpc) is 3.40. The number of amides is 1. The van der Waals surface area contributed by atoms with Crippen molar-refractivity contribution in [2.75, 3.05) is 33.4 Å². The summed E-state index contributed by atoms with van der Waals surface area (Å²) in [5.41, 5.74) is 1.15. The van der Waals surface area contributed by atoms with Gasteiger partial charge in [0.25, 0.3) is 5.91 Å². The third-order valence-electron chi connectivity index (χ3n) is 5.44. The second kappa shape index (κ2) is 11.1. The number of nitrogens with zero attached hydrogens (tertiary/aromatic N) is 4. The molecule has 3 aromatic rings. The van der Waals surface area contributed by atoms with Crippen molar-refractivity contribution in [3.8, 4) is 5.75 Å². The van der Waals surface area contributed by atoms with Crippen LogP contribution in [0.15, 0.2) is 40.8 Å². The van der Waals surface area contributed by atoms with Gasteiger partial charge in [0.2, 0.25) is 0 Å². The molecule has 0 saturated carbocycles. The number of methoxy groups -OCH3 is 1. The Balaban J connectivity index is 1.32. The molecule has 1 aromatic carbocycles. The van der Waals surface area contributed by atoms with Crippen molar-refractivity contribution >= 4 is 5.91 Å². The van der Waals surface area contributed by atoms with Crippen molar-refractivity contribution in [3.05, 3.63) is 65.1 Å². The van der Waals surface area contributed by atoms with Gasteiger partial charge < -0.3 is 28.9 Å². The molecule has 10 heteroatoms. The van der Waals surface area contributed by atoms with E-state index in [-0.39, 0.29) is 31.4 Å². The molecule has 176 valence electrons. The Hall–Kier alpha value is -3.21. The fraction of sp³-hybridized carbons (Fsp3) is 0.435. The number of nitrogens with one attached hydrogen (secondary N) is 1. The zero-order chi connectivity index (χ0) is 23.0. The van der Waals surface area contributed by atoms with Crippen LogP contribution in [0.2, 0.25) is 0 Å². The lowest BCUT2D eigenvalue weighted by atomic mass is 10.2. The molecule has 3 heterocycles. The molecule has 0 bridgehead atoms. The number of aromatic nitrogens is 3. The summed E-state index contributed by atoms with van der Waals surface area (Å²) in [6.07, 6.45) is 0.778. The van der Waals surface area contributed by atoms with Crippen LogP contribution in [0.3, 0.4) is 0 Å². The minimum atomic E-state index is -0.298. The Morgan fingerprint density at radius 3 is 2.97 bits per heavy atom. The molecule has 0 fully saturated rings. The number of benzene rings is 1. The molecular formula is C23H29N5O5. The number of fused-ring (bicyclic) bond motifs is 1. The topological polar surface area (TPSA) is 115 Å². The fourth-order valence-electron chi connectivity index (χ4n) is 3.84. The molecule has 0 atom stereocenters. The van der Waals surface area contributed by atoms with Crippen molar-refractivity contribution in [2.24, 2.45) is 0 Å². The molecule has 0 radical (unpaired) electrons. The fourth-order valence-corrected chi connectivity index (χ4v) is 3.84. The SMILES string of the molecule is COCc1ccc(C(=O)NCc2nnc3n2CCN(Cc2cccc(OCCO)c2)CC3)o1. The van der Waals surface area contributed by atoms with Crippen LogP contribution in [-0.4, -0.2) is 64.1 Å². The minimum Gasteiger partial charge on any atom is -0.491 e. The van der Waals surface area contributed by atoms with Gasteiger partial charge in [-0.1, -0.05) is 12.1 Å². The van der Waals surface area contributed by atoms with E-state index in [2.05, 4.69) is 31.0 Å². The molecule has 2 N–H and O–H groups in total. The first-order chi connectivity index (χ1) is 16.2. The van der Waals surface area contributed by atoms with E-state index in [0.717, 1.165) is 55.6 Å². The molecule has 4 rings (SSSR count). The molecule has 1 aliphatic rings. The van der Waals surface area contributed by atoms with Crippen molar-refractivity contribution in [1.82, 2.24) is 25.0 Å². The smallest absolute Gasteiger partial charge is 0.287 e. The Bertz CT molecular complexity index is 1060. The van der Waals surface area contributed by atoms with E-state index >= 15 is 0 Å². The number of ether oxygens (including phenoxy) is 2. The molecule has 0 unspecified atom stereocenters. The second-order valence-corrected chi connectivity index (χ2v) is 7.81. The van der Waals surface area contributed by atoms with E-state index in [1.54, 1.807) is 19.2 Å². The molecule has 2 aromatic heterocycles. The number of carbonyl (C=O) groups is 1. The van der Waals surface area contributed by atoms with Gasteiger partial charge in [0.15, 0.2) is 11.6 Å². The molecule has 0 aliphatic carbocycles. The number of aliphatic hydroxyl groups excluding tert-OH is 1. The lowest BCUT2D eigenvalue weighted by Gasteiger charge is -2.20. The quantitative estimate of drug-likeness (QED) is 0.471. The summed E-state index contributed by atoms with van der Waals surface area (Å²) in [4.78, 5) is 14.8. The molecular weight excluding hydrogens is 426 g/mol. The lowest BCUT2D eigenvalue weighted by molar-refractivity contribution is 0.0913. The summed E-state index contributed by atoms with van der Waals surface area (Å²) in [7, 11) is 1.57. The van der Waals surface area contributed by atoms with E-state index in [4.69, 9.17) is 19.0 Å². The highest BCUT2D eigenvalue weighted by Crippen LogP contribution is 2.17. The van der Waals surface area contributed by atoms with Crippen molar-refractivity contribution in [3.63, 3.8) is 0 Å². The molecule has 1 amide bonds. The number of hydrogen-bond donors (Lipinski definition) is 2. The van der Waals surface area contributed by atoms with Gasteiger partial charge in [-0.3, -0.25) is 9.69 Å². The highest BCUT2D eigenvalue weighted by molar-refractivity contribution is 5.91. The summed E-state index contributed by atoms with van der Waals surface area (Å²) in [6.45, 7) is 4.12. The van der Waals surface area contributed by atoms with Crippen LogP contribution in [0.4, 0.5) is 0 Å². The maximum absolute atomic E-state index is 12.4. The monoisotopic (exact) mass is 455 g/mol. The van der Waals surface area contributed by atoms with Crippen LogP contribution in [0, 0.1) is 0 Å². The number of rotatable bonds is 10. The van der Waals surface area contributed by atoms with Gasteiger partial charge in [0, 0.05) is 39.7 Å². The molecule has 33 heavy (non-hydrogen) atoms. The van der Waals surface area contributed by atoms with Gasteiger partial charge in [-0.05, 0) is 29.8 Å². The first-order valence-electron chi connectivity index (χ1n) is 11.0. The number of aliphatic hydroxyl groups is 1. The first kappa shape index (κ1) is 23.0. The summed E-state index contributed by atoms with van der Waals surface area (Å²) in [6, 6.07) is 11.3. The van der Waals surface area contributed by atoms with Crippen LogP contribution in [-0.2, 0) is 37.4 Å². The highest BCUT2D eigenvalue weighted by atomic mass is 16.5. The predicted octanol–water partition coefficient (Wildman–Crippen LogP) is 1.38. The normalized spacial score (nSPS) is 14.0. The van der Waals surface area contributed by atoms with E-state index < -0.39 is 0 Å². The van der Waals surface area contributed by atoms with Crippen LogP contribution in [0.5, 0.6) is 5.75 Å². The van der Waals surface area contributed by atoms with Crippen LogP contribution >= 0.6 is 0 Å². The van der Waals surface area contributed by atoms with E-state index in [0.29, 0.717) is 12.4 Å². The summed E-state index contributed by atoms with van der Waals surface area (Å²) >= 11 is 0. The predicted molar refractivity (Wildman–Crippen MR) is 119 cm³/mol. The average molecular weight is 456 g/mol.